The van der Waals surface area contributed by atoms with E-state index in [-0.39, 0.29) is 63.8 Å². The third-order valence-electron chi connectivity index (χ3n) is 12.9. The molecule has 4 aliphatic heterocycles. The number of amides is 3. The summed E-state index contributed by atoms with van der Waals surface area (Å²) in [6, 6.07) is 29.1. The van der Waals surface area contributed by atoms with Crippen LogP contribution in [0.15, 0.2) is 122 Å². The molecule has 9 rings (SSSR count). The lowest BCUT2D eigenvalue weighted by Gasteiger charge is -2.46. The number of esters is 1. The number of aliphatic hydroxyl groups excluding tert-OH is 2. The average molecular weight is 907 g/mol. The molecule has 0 bridgehead atoms. The van der Waals surface area contributed by atoms with Crippen LogP contribution in [-0.2, 0) is 34.0 Å². The summed E-state index contributed by atoms with van der Waals surface area (Å²) in [7, 11) is 1.46. The number of benzene rings is 4. The number of anilines is 2. The topological polar surface area (TPSA) is 184 Å². The van der Waals surface area contributed by atoms with Crippen molar-refractivity contribution in [3.8, 4) is 17.6 Å². The fourth-order valence-electron chi connectivity index (χ4n) is 10.2. The summed E-state index contributed by atoms with van der Waals surface area (Å²) in [6.07, 6.45) is 1.52. The highest BCUT2D eigenvalue weighted by Gasteiger charge is 2.76. The van der Waals surface area contributed by atoms with Gasteiger partial charge in [-0.2, -0.15) is 0 Å². The van der Waals surface area contributed by atoms with Crippen molar-refractivity contribution in [2.24, 2.45) is 5.92 Å². The van der Waals surface area contributed by atoms with E-state index in [1.807, 2.05) is 70.5 Å². The minimum atomic E-state index is -2.08. The molecule has 3 fully saturated rings. The number of para-hydroxylation sites is 1. The van der Waals surface area contributed by atoms with Crippen LogP contribution in [0.5, 0.6) is 5.75 Å². The number of carbonyl (C=O) groups excluding carboxylic acids is 4. The van der Waals surface area contributed by atoms with E-state index in [0.29, 0.717) is 41.5 Å². The van der Waals surface area contributed by atoms with Crippen LogP contribution in [0.1, 0.15) is 52.4 Å². The standard InChI is InChI=1S/C51H50N6O10/c1-64-31-32-66-50(63)56-39-21-20-34(13-10-11-28-58)33-38(39)51(48(56)62)41(46(60)54-24-26-55(27-25-54)49-52-22-12-23-53-49)43-47(61)67-44(36-16-6-3-7-17-36)42(35-14-4-2-5-15-35)57(43)45(51)37-18-8-9-19-40(37)65-30-29-59/h2-9,12,14-23,33,41-45,58-59H,11,24-32H2,1H3/t41-,42-,43-,44+,45+,51-/m0/s1. The lowest BCUT2D eigenvalue weighted by Crippen LogP contribution is -2.59. The molecule has 3 amide bonds. The van der Waals surface area contributed by atoms with Crippen molar-refractivity contribution in [3.05, 3.63) is 149 Å². The quantitative estimate of drug-likeness (QED) is 0.102. The Hall–Kier alpha value is -7.16. The number of methoxy groups -OCH3 is 1. The minimum absolute atomic E-state index is 0.0474. The number of hydrogen-bond donors (Lipinski definition) is 2. The highest BCUT2D eigenvalue weighted by atomic mass is 16.6. The summed E-state index contributed by atoms with van der Waals surface area (Å²) in [5.74, 6) is 3.29. The van der Waals surface area contributed by atoms with Gasteiger partial charge in [-0.25, -0.2) is 19.7 Å². The smallest absolute Gasteiger partial charge is 0.421 e. The van der Waals surface area contributed by atoms with Gasteiger partial charge in [0.25, 0.3) is 0 Å². The molecule has 16 nitrogen and oxygen atoms in total. The highest BCUT2D eigenvalue weighted by Crippen LogP contribution is 2.67. The molecule has 4 aliphatic rings. The lowest BCUT2D eigenvalue weighted by molar-refractivity contribution is -0.179. The van der Waals surface area contributed by atoms with Crippen LogP contribution in [0, 0.1) is 17.8 Å². The Bertz CT molecular complexity index is 2660. The number of piperazine rings is 1. The maximum atomic E-state index is 16.5. The second-order valence-electron chi connectivity index (χ2n) is 16.5. The van der Waals surface area contributed by atoms with E-state index in [1.54, 1.807) is 65.8 Å². The number of morpholine rings is 1. The molecule has 6 atom stereocenters. The first-order valence-corrected chi connectivity index (χ1v) is 22.3. The van der Waals surface area contributed by atoms with Gasteiger partial charge in [-0.1, -0.05) is 90.7 Å². The van der Waals surface area contributed by atoms with Gasteiger partial charge in [0.1, 0.15) is 36.5 Å². The van der Waals surface area contributed by atoms with Crippen LogP contribution in [0.25, 0.3) is 0 Å². The van der Waals surface area contributed by atoms with E-state index in [4.69, 9.17) is 18.9 Å². The van der Waals surface area contributed by atoms with Crippen LogP contribution in [0.2, 0.25) is 0 Å². The number of nitrogens with zero attached hydrogens (tertiary/aromatic N) is 6. The SMILES string of the molecule is COCCOC(=O)N1C(=O)[C@@]2(c3cc(C#CCCO)ccc31)[C@H](C(=O)N1CCN(c3ncccn3)CC1)[C@H]1C(=O)O[C@H](c3ccccc3)[C@H](c3ccccc3)N1[C@@H]2c1ccccc1OCCO. The maximum absolute atomic E-state index is 16.5. The zero-order valence-electron chi connectivity index (χ0n) is 36.8. The minimum Gasteiger partial charge on any atom is -0.491 e. The van der Waals surface area contributed by atoms with Crippen LogP contribution in [0.3, 0.4) is 0 Å². The van der Waals surface area contributed by atoms with Crippen LogP contribution < -0.4 is 14.5 Å². The largest absolute Gasteiger partial charge is 0.491 e. The van der Waals surface area contributed by atoms with Crippen molar-refractivity contribution < 1.29 is 48.3 Å². The normalized spacial score (nSPS) is 23.3. The summed E-state index contributed by atoms with van der Waals surface area (Å²) in [4.78, 5) is 78.1. The molecule has 0 unspecified atom stereocenters. The fourth-order valence-corrected chi connectivity index (χ4v) is 10.2. The van der Waals surface area contributed by atoms with Gasteiger partial charge in [-0.3, -0.25) is 19.3 Å². The van der Waals surface area contributed by atoms with Gasteiger partial charge >= 0.3 is 12.1 Å². The molecule has 5 heterocycles. The molecular weight excluding hydrogens is 857 g/mol. The van der Waals surface area contributed by atoms with Crippen LogP contribution in [-0.4, -0.2) is 126 Å². The second kappa shape index (κ2) is 19.7. The van der Waals surface area contributed by atoms with E-state index >= 15 is 14.4 Å². The molecular formula is C51H50N6O10. The predicted octanol–water partition coefficient (Wildman–Crippen LogP) is 4.38. The third-order valence-corrected chi connectivity index (χ3v) is 12.9. The molecule has 3 saturated heterocycles. The number of aromatic nitrogens is 2. The Kier molecular flexibility index (Phi) is 13.3. The number of imide groups is 1. The van der Waals surface area contributed by atoms with Crippen LogP contribution >= 0.6 is 0 Å². The molecule has 4 aromatic carbocycles. The number of carbonyl (C=O) groups is 4. The maximum Gasteiger partial charge on any atom is 0.421 e. The summed E-state index contributed by atoms with van der Waals surface area (Å²) in [5.41, 5.74) is 0.605. The number of hydrogen-bond acceptors (Lipinski definition) is 14. The first-order chi connectivity index (χ1) is 32.8. The Morgan fingerprint density at radius 2 is 1.51 bits per heavy atom. The van der Waals surface area contributed by atoms with Gasteiger partial charge < -0.3 is 39.0 Å². The zero-order valence-corrected chi connectivity index (χ0v) is 36.8. The van der Waals surface area contributed by atoms with Gasteiger partial charge in [0.05, 0.1) is 43.5 Å². The molecule has 0 radical (unpaired) electrons. The van der Waals surface area contributed by atoms with Crippen molar-refractivity contribution in [1.29, 1.82) is 0 Å². The summed E-state index contributed by atoms with van der Waals surface area (Å²) >= 11 is 0. The Balaban J connectivity index is 1.34. The van der Waals surface area contributed by atoms with Crippen molar-refractivity contribution in [1.82, 2.24) is 19.8 Å². The first kappa shape index (κ1) is 45.0. The Morgan fingerprint density at radius 3 is 2.21 bits per heavy atom. The van der Waals surface area contributed by atoms with Gasteiger partial charge in [-0.15, -0.1) is 0 Å². The van der Waals surface area contributed by atoms with Crippen molar-refractivity contribution in [3.63, 3.8) is 0 Å². The summed E-state index contributed by atoms with van der Waals surface area (Å²) in [6.45, 7) is 0.336. The average Bonchev–Trinajstić information content (AvgIpc) is 3.82. The molecule has 1 aromatic heterocycles. The van der Waals surface area contributed by atoms with E-state index < -0.39 is 59.4 Å². The predicted molar refractivity (Wildman–Crippen MR) is 244 cm³/mol. The molecule has 0 aliphatic carbocycles. The molecule has 344 valence electrons. The van der Waals surface area contributed by atoms with Gasteiger partial charge in [0.15, 0.2) is 0 Å². The zero-order chi connectivity index (χ0) is 46.5. The molecule has 16 heteroatoms. The second-order valence-corrected chi connectivity index (χ2v) is 16.5. The van der Waals surface area contributed by atoms with E-state index in [1.165, 1.54) is 7.11 Å². The summed E-state index contributed by atoms with van der Waals surface area (Å²) < 4.78 is 23.8. The molecule has 67 heavy (non-hydrogen) atoms. The summed E-state index contributed by atoms with van der Waals surface area (Å²) in [5, 5.41) is 19.7. The Morgan fingerprint density at radius 1 is 0.806 bits per heavy atom. The lowest BCUT2D eigenvalue weighted by atomic mass is 9.64. The van der Waals surface area contributed by atoms with Crippen molar-refractivity contribution in [2.75, 3.05) is 76.1 Å². The number of fused-ring (bicyclic) bond motifs is 3. The van der Waals surface area contributed by atoms with E-state index in [0.717, 1.165) is 10.5 Å². The Labute approximate surface area is 387 Å². The van der Waals surface area contributed by atoms with Gasteiger partial charge in [0, 0.05) is 63.2 Å². The van der Waals surface area contributed by atoms with E-state index in [2.05, 4.69) is 21.8 Å². The molecule has 0 saturated carbocycles. The fraction of sp³-hybridized carbons (Fsp3) is 0.333. The van der Waals surface area contributed by atoms with Crippen molar-refractivity contribution in [2.45, 2.75) is 36.1 Å². The van der Waals surface area contributed by atoms with E-state index in [9.17, 15) is 15.0 Å². The highest BCUT2D eigenvalue weighted by molar-refractivity contribution is 6.23. The number of rotatable bonds is 12. The molecule has 2 N–H and O–H groups in total. The van der Waals surface area contributed by atoms with Crippen molar-refractivity contribution >= 4 is 35.5 Å². The monoisotopic (exact) mass is 906 g/mol. The van der Waals surface area contributed by atoms with Gasteiger partial charge in [-0.05, 0) is 47.0 Å². The number of aliphatic hydroxyl groups is 2. The number of ether oxygens (including phenoxy) is 4. The van der Waals surface area contributed by atoms with Crippen LogP contribution in [0.4, 0.5) is 16.4 Å². The first-order valence-electron chi connectivity index (χ1n) is 22.3. The third kappa shape index (κ3) is 8.14. The van der Waals surface area contributed by atoms with Gasteiger partial charge in [0.2, 0.25) is 17.8 Å². The molecule has 1 spiro atoms. The molecule has 5 aromatic rings. The number of cyclic esters (lactones) is 1.